The lowest BCUT2D eigenvalue weighted by atomic mass is 10.2. The Morgan fingerprint density at radius 3 is 2.93 bits per heavy atom. The van der Waals surface area contributed by atoms with Crippen molar-refractivity contribution in [2.24, 2.45) is 5.73 Å². The molecule has 1 rings (SSSR count). The molecule has 0 atom stereocenters. The zero-order valence-corrected chi connectivity index (χ0v) is 10.9. The molecule has 1 aromatic rings. The molecule has 0 saturated heterocycles. The number of nitrogens with two attached hydrogens (primary N) is 1. The number of amides is 1. The van der Waals surface area contributed by atoms with Crippen LogP contribution >= 0.6 is 27.3 Å². The molecule has 0 aliphatic carbocycles. The van der Waals surface area contributed by atoms with Crippen molar-refractivity contribution >= 4 is 33.2 Å². The van der Waals surface area contributed by atoms with E-state index in [4.69, 9.17) is 5.73 Å². The number of halogens is 1. The van der Waals surface area contributed by atoms with Crippen molar-refractivity contribution in [1.29, 1.82) is 0 Å². The first-order chi connectivity index (χ1) is 7.18. The summed E-state index contributed by atoms with van der Waals surface area (Å²) >= 11 is 5.15. The zero-order chi connectivity index (χ0) is 11.1. The molecule has 1 heterocycles. The van der Waals surface area contributed by atoms with E-state index in [-0.39, 0.29) is 5.91 Å². The summed E-state index contributed by atoms with van der Waals surface area (Å²) < 4.78 is 1.14. The zero-order valence-electron chi connectivity index (χ0n) is 8.46. The van der Waals surface area contributed by atoms with E-state index in [1.807, 2.05) is 0 Å². The van der Waals surface area contributed by atoms with Gasteiger partial charge in [-0.05, 0) is 41.4 Å². The van der Waals surface area contributed by atoms with E-state index < -0.39 is 0 Å². The van der Waals surface area contributed by atoms with Crippen molar-refractivity contribution < 1.29 is 4.79 Å². The smallest absolute Gasteiger partial charge is 0.217 e. The Balaban J connectivity index is 2.00. The maximum absolute atomic E-state index is 10.5. The predicted octanol–water partition coefficient (Wildman–Crippen LogP) is 2.26. The molecule has 0 aromatic carbocycles. The molecule has 0 unspecified atom stereocenters. The van der Waals surface area contributed by atoms with Gasteiger partial charge in [-0.15, -0.1) is 11.3 Å². The molecule has 5 heteroatoms. The Bertz CT molecular complexity index is 314. The summed E-state index contributed by atoms with van der Waals surface area (Å²) in [5.41, 5.74) is 5.04. The molecule has 0 bridgehead atoms. The van der Waals surface area contributed by atoms with Gasteiger partial charge in [0.25, 0.3) is 0 Å². The molecule has 1 aromatic heterocycles. The van der Waals surface area contributed by atoms with Gasteiger partial charge in [-0.25, -0.2) is 0 Å². The van der Waals surface area contributed by atoms with Gasteiger partial charge in [0, 0.05) is 27.7 Å². The van der Waals surface area contributed by atoms with Crippen LogP contribution in [0.4, 0.5) is 0 Å². The molecule has 84 valence electrons. The Hall–Kier alpha value is -0.390. The van der Waals surface area contributed by atoms with Crippen LogP contribution in [0.3, 0.4) is 0 Å². The van der Waals surface area contributed by atoms with Crippen molar-refractivity contribution in [3.8, 4) is 0 Å². The number of primary amides is 1. The van der Waals surface area contributed by atoms with E-state index in [0.717, 1.165) is 30.4 Å². The molecule has 15 heavy (non-hydrogen) atoms. The minimum Gasteiger partial charge on any atom is -0.370 e. The molecule has 3 N–H and O–H groups in total. The number of hydrogen-bond donors (Lipinski definition) is 2. The molecule has 0 aliphatic rings. The van der Waals surface area contributed by atoms with Crippen LogP contribution in [0.5, 0.6) is 0 Å². The van der Waals surface area contributed by atoms with Gasteiger partial charge in [-0.3, -0.25) is 4.79 Å². The highest BCUT2D eigenvalue weighted by Gasteiger charge is 1.97. The van der Waals surface area contributed by atoms with Gasteiger partial charge >= 0.3 is 0 Å². The van der Waals surface area contributed by atoms with Gasteiger partial charge in [0.1, 0.15) is 0 Å². The molecule has 0 saturated carbocycles. The van der Waals surface area contributed by atoms with Crippen molar-refractivity contribution in [3.05, 3.63) is 20.8 Å². The molecule has 0 fully saturated rings. The van der Waals surface area contributed by atoms with E-state index in [1.54, 1.807) is 11.3 Å². The van der Waals surface area contributed by atoms with E-state index >= 15 is 0 Å². The Morgan fingerprint density at radius 2 is 2.33 bits per heavy atom. The third-order valence-corrected chi connectivity index (χ3v) is 3.65. The summed E-state index contributed by atoms with van der Waals surface area (Å²) in [7, 11) is 0. The van der Waals surface area contributed by atoms with Crippen LogP contribution < -0.4 is 11.1 Å². The minimum atomic E-state index is -0.211. The number of thiophene rings is 1. The van der Waals surface area contributed by atoms with Crippen molar-refractivity contribution in [3.63, 3.8) is 0 Å². The quantitative estimate of drug-likeness (QED) is 0.757. The average molecular weight is 291 g/mol. The lowest BCUT2D eigenvalue weighted by Crippen LogP contribution is -2.15. The van der Waals surface area contributed by atoms with Gasteiger partial charge in [0.15, 0.2) is 0 Å². The Kier molecular flexibility index (Phi) is 5.90. The summed E-state index contributed by atoms with van der Waals surface area (Å²) in [6, 6.07) is 2.11. The molecule has 0 spiro atoms. The molecule has 1 amide bonds. The van der Waals surface area contributed by atoms with Gasteiger partial charge in [-0.1, -0.05) is 0 Å². The van der Waals surface area contributed by atoms with Crippen LogP contribution in [0, 0.1) is 0 Å². The highest BCUT2D eigenvalue weighted by Crippen LogP contribution is 2.19. The van der Waals surface area contributed by atoms with Crippen LogP contribution in [0.2, 0.25) is 0 Å². The van der Waals surface area contributed by atoms with Gasteiger partial charge in [0.2, 0.25) is 5.91 Å². The topological polar surface area (TPSA) is 55.1 Å². The van der Waals surface area contributed by atoms with Crippen molar-refractivity contribution in [2.45, 2.75) is 25.8 Å². The maximum atomic E-state index is 10.5. The van der Waals surface area contributed by atoms with Gasteiger partial charge in [-0.2, -0.15) is 0 Å². The summed E-state index contributed by atoms with van der Waals surface area (Å²) in [6.45, 7) is 1.83. The summed E-state index contributed by atoms with van der Waals surface area (Å²) in [4.78, 5) is 11.8. The lowest BCUT2D eigenvalue weighted by molar-refractivity contribution is -0.118. The Morgan fingerprint density at radius 1 is 1.53 bits per heavy atom. The number of nitrogens with one attached hydrogen (secondary N) is 1. The predicted molar refractivity (Wildman–Crippen MR) is 66.8 cm³/mol. The maximum Gasteiger partial charge on any atom is 0.217 e. The number of unbranched alkanes of at least 4 members (excludes halogenated alkanes) is 1. The first-order valence-corrected chi connectivity index (χ1v) is 6.57. The summed E-state index contributed by atoms with van der Waals surface area (Å²) in [5.74, 6) is -0.211. The van der Waals surface area contributed by atoms with E-state index in [1.165, 1.54) is 4.88 Å². The first-order valence-electron chi connectivity index (χ1n) is 4.90. The van der Waals surface area contributed by atoms with E-state index in [0.29, 0.717) is 6.42 Å². The van der Waals surface area contributed by atoms with Crippen LogP contribution in [0.25, 0.3) is 0 Å². The number of carbonyl (C=O) groups excluding carboxylic acids is 1. The van der Waals surface area contributed by atoms with Crippen molar-refractivity contribution in [1.82, 2.24) is 5.32 Å². The number of carbonyl (C=O) groups is 1. The molecule has 0 radical (unpaired) electrons. The van der Waals surface area contributed by atoms with Gasteiger partial charge < -0.3 is 11.1 Å². The fourth-order valence-electron chi connectivity index (χ4n) is 1.21. The van der Waals surface area contributed by atoms with E-state index in [9.17, 15) is 4.79 Å². The highest BCUT2D eigenvalue weighted by molar-refractivity contribution is 9.10. The molecule has 3 nitrogen and oxygen atoms in total. The normalized spacial score (nSPS) is 10.5. The largest absolute Gasteiger partial charge is 0.370 e. The number of rotatable bonds is 7. The fourth-order valence-corrected chi connectivity index (χ4v) is 2.63. The second kappa shape index (κ2) is 6.98. The second-order valence-corrected chi connectivity index (χ2v) is 5.24. The van der Waals surface area contributed by atoms with Crippen LogP contribution in [0.1, 0.15) is 24.1 Å². The second-order valence-electron chi connectivity index (χ2n) is 3.33. The first kappa shape index (κ1) is 12.7. The summed E-state index contributed by atoms with van der Waals surface area (Å²) in [6.07, 6.45) is 2.36. The standard InChI is InChI=1S/C10H15BrN2OS/c11-8-5-9(15-7-8)6-13-4-2-1-3-10(12)14/h5,7,13H,1-4,6H2,(H2,12,14). The molecule has 0 aliphatic heterocycles. The fraction of sp³-hybridized carbons (Fsp3) is 0.500. The minimum absolute atomic E-state index is 0.211. The average Bonchev–Trinajstić information content (AvgIpc) is 2.57. The third-order valence-electron chi connectivity index (χ3n) is 1.95. The Labute approximate surface area is 102 Å². The van der Waals surface area contributed by atoms with Crippen molar-refractivity contribution in [2.75, 3.05) is 6.54 Å². The van der Waals surface area contributed by atoms with Crippen LogP contribution in [-0.2, 0) is 11.3 Å². The molecular weight excluding hydrogens is 276 g/mol. The van der Waals surface area contributed by atoms with Gasteiger partial charge in [0.05, 0.1) is 0 Å². The lowest BCUT2D eigenvalue weighted by Gasteiger charge is -2.01. The monoisotopic (exact) mass is 290 g/mol. The third kappa shape index (κ3) is 5.92. The summed E-state index contributed by atoms with van der Waals surface area (Å²) in [5, 5.41) is 5.40. The van der Waals surface area contributed by atoms with Crippen LogP contribution in [-0.4, -0.2) is 12.5 Å². The van der Waals surface area contributed by atoms with Crippen LogP contribution in [0.15, 0.2) is 15.9 Å². The molecular formula is C10H15BrN2OS. The SMILES string of the molecule is NC(=O)CCCCNCc1cc(Br)cs1. The number of hydrogen-bond acceptors (Lipinski definition) is 3. The highest BCUT2D eigenvalue weighted by atomic mass is 79.9. The van der Waals surface area contributed by atoms with E-state index in [2.05, 4.69) is 32.7 Å².